The third-order valence-electron chi connectivity index (χ3n) is 1.78. The Morgan fingerprint density at radius 2 is 2.20 bits per heavy atom. The van der Waals surface area contributed by atoms with E-state index in [4.69, 9.17) is 5.11 Å². The highest BCUT2D eigenvalue weighted by atomic mass is 16.4. The molecule has 0 aromatic heterocycles. The summed E-state index contributed by atoms with van der Waals surface area (Å²) in [7, 11) is 0. The zero-order chi connectivity index (χ0) is 8.15. The summed E-state index contributed by atoms with van der Waals surface area (Å²) in [6.45, 7) is 7.19. The molecule has 0 aliphatic carbocycles. The molecule has 58 valence electrons. The zero-order valence-corrected chi connectivity index (χ0v) is 6.50. The van der Waals surface area contributed by atoms with E-state index in [0.717, 1.165) is 6.42 Å². The molecule has 2 nitrogen and oxygen atoms in total. The topological polar surface area (TPSA) is 37.3 Å². The summed E-state index contributed by atoms with van der Waals surface area (Å²) >= 11 is 0. The number of aliphatic carboxylic acids is 1. The first-order chi connectivity index (χ1) is 4.59. The first kappa shape index (κ1) is 9.21. The van der Waals surface area contributed by atoms with Crippen LogP contribution in [-0.4, -0.2) is 11.1 Å². The molecule has 0 aliphatic rings. The Hall–Kier alpha value is -0.790. The minimum atomic E-state index is -0.727. The molecule has 0 radical (unpaired) electrons. The lowest BCUT2D eigenvalue weighted by molar-refractivity contribution is -0.142. The van der Waals surface area contributed by atoms with Crippen LogP contribution in [0.5, 0.6) is 0 Å². The molecule has 0 aliphatic heterocycles. The first-order valence-corrected chi connectivity index (χ1v) is 3.43. The number of carbonyl (C=O) groups is 1. The summed E-state index contributed by atoms with van der Waals surface area (Å²) in [4.78, 5) is 10.4. The summed E-state index contributed by atoms with van der Waals surface area (Å²) in [6.07, 6.45) is 2.53. The van der Waals surface area contributed by atoms with Crippen molar-refractivity contribution in [3.63, 3.8) is 0 Å². The SMILES string of the molecule is C=CC[C@H](C)[C@@H](C)C(=O)O. The molecule has 0 heterocycles. The Bertz CT molecular complexity index is 129. The van der Waals surface area contributed by atoms with E-state index < -0.39 is 5.97 Å². The van der Waals surface area contributed by atoms with E-state index in [2.05, 4.69) is 6.58 Å². The average Bonchev–Trinajstić information content (AvgIpc) is 1.87. The number of hydrogen-bond acceptors (Lipinski definition) is 1. The van der Waals surface area contributed by atoms with E-state index in [9.17, 15) is 4.79 Å². The molecule has 0 amide bonds. The Balaban J connectivity index is 3.80. The molecule has 0 bridgehead atoms. The van der Waals surface area contributed by atoms with Crippen molar-refractivity contribution in [2.45, 2.75) is 20.3 Å². The minimum Gasteiger partial charge on any atom is -0.481 e. The highest BCUT2D eigenvalue weighted by molar-refractivity contribution is 5.69. The van der Waals surface area contributed by atoms with Gasteiger partial charge in [-0.1, -0.05) is 19.9 Å². The van der Waals surface area contributed by atoms with Gasteiger partial charge in [-0.15, -0.1) is 6.58 Å². The quantitative estimate of drug-likeness (QED) is 0.609. The fourth-order valence-corrected chi connectivity index (χ4v) is 0.710. The van der Waals surface area contributed by atoms with E-state index in [1.807, 2.05) is 6.92 Å². The van der Waals surface area contributed by atoms with Gasteiger partial charge in [0.05, 0.1) is 5.92 Å². The molecule has 2 atom stereocenters. The second kappa shape index (κ2) is 4.09. The molecule has 0 saturated carbocycles. The van der Waals surface area contributed by atoms with Gasteiger partial charge in [0, 0.05) is 0 Å². The van der Waals surface area contributed by atoms with Gasteiger partial charge in [0.25, 0.3) is 0 Å². The van der Waals surface area contributed by atoms with Gasteiger partial charge in [-0.05, 0) is 12.3 Å². The van der Waals surface area contributed by atoms with Crippen LogP contribution in [0.3, 0.4) is 0 Å². The van der Waals surface area contributed by atoms with Crippen molar-refractivity contribution >= 4 is 5.97 Å². The molecule has 0 rings (SSSR count). The van der Waals surface area contributed by atoms with Gasteiger partial charge in [0.2, 0.25) is 0 Å². The van der Waals surface area contributed by atoms with Gasteiger partial charge in [0.1, 0.15) is 0 Å². The maximum atomic E-state index is 10.4. The van der Waals surface area contributed by atoms with Crippen LogP contribution in [0.4, 0.5) is 0 Å². The molecule has 0 aromatic rings. The number of rotatable bonds is 4. The molecular formula is C8H14O2. The van der Waals surface area contributed by atoms with Crippen LogP contribution in [0.15, 0.2) is 12.7 Å². The monoisotopic (exact) mass is 142 g/mol. The molecule has 0 spiro atoms. The number of carboxylic acid groups (broad SMARTS) is 1. The Morgan fingerprint density at radius 1 is 1.70 bits per heavy atom. The van der Waals surface area contributed by atoms with Crippen molar-refractivity contribution in [3.8, 4) is 0 Å². The first-order valence-electron chi connectivity index (χ1n) is 3.43. The maximum Gasteiger partial charge on any atom is 0.306 e. The maximum absolute atomic E-state index is 10.4. The predicted molar refractivity (Wildman–Crippen MR) is 40.8 cm³/mol. The van der Waals surface area contributed by atoms with Crippen LogP contribution in [0, 0.1) is 11.8 Å². The van der Waals surface area contributed by atoms with Gasteiger partial charge in [-0.3, -0.25) is 4.79 Å². The van der Waals surface area contributed by atoms with Crippen molar-refractivity contribution in [3.05, 3.63) is 12.7 Å². The molecule has 2 heteroatoms. The zero-order valence-electron chi connectivity index (χ0n) is 6.50. The van der Waals surface area contributed by atoms with Crippen molar-refractivity contribution in [2.24, 2.45) is 11.8 Å². The summed E-state index contributed by atoms with van der Waals surface area (Å²) in [5.41, 5.74) is 0. The van der Waals surface area contributed by atoms with E-state index in [1.54, 1.807) is 13.0 Å². The largest absolute Gasteiger partial charge is 0.481 e. The van der Waals surface area contributed by atoms with Crippen molar-refractivity contribution in [2.75, 3.05) is 0 Å². The third-order valence-corrected chi connectivity index (χ3v) is 1.78. The van der Waals surface area contributed by atoms with Crippen molar-refractivity contribution in [1.29, 1.82) is 0 Å². The van der Waals surface area contributed by atoms with E-state index in [0.29, 0.717) is 0 Å². The summed E-state index contributed by atoms with van der Waals surface area (Å²) in [5, 5.41) is 8.54. The second-order valence-corrected chi connectivity index (χ2v) is 2.63. The van der Waals surface area contributed by atoms with Crippen LogP contribution in [0.1, 0.15) is 20.3 Å². The summed E-state index contributed by atoms with van der Waals surface area (Å²) < 4.78 is 0. The average molecular weight is 142 g/mol. The molecular weight excluding hydrogens is 128 g/mol. The lowest BCUT2D eigenvalue weighted by atomic mass is 9.93. The Labute approximate surface area is 61.6 Å². The summed E-state index contributed by atoms with van der Waals surface area (Å²) in [6, 6.07) is 0. The van der Waals surface area contributed by atoms with Crippen LogP contribution in [0.25, 0.3) is 0 Å². The molecule has 0 saturated heterocycles. The predicted octanol–water partition coefficient (Wildman–Crippen LogP) is 1.92. The van der Waals surface area contributed by atoms with Gasteiger partial charge < -0.3 is 5.11 Å². The number of allylic oxidation sites excluding steroid dienone is 1. The highest BCUT2D eigenvalue weighted by Crippen LogP contribution is 2.14. The molecule has 0 aromatic carbocycles. The highest BCUT2D eigenvalue weighted by Gasteiger charge is 2.17. The van der Waals surface area contributed by atoms with Gasteiger partial charge in [0.15, 0.2) is 0 Å². The Kier molecular flexibility index (Phi) is 3.77. The van der Waals surface area contributed by atoms with Gasteiger partial charge in [-0.2, -0.15) is 0 Å². The van der Waals surface area contributed by atoms with E-state index in [-0.39, 0.29) is 11.8 Å². The smallest absolute Gasteiger partial charge is 0.306 e. The lowest BCUT2D eigenvalue weighted by Gasteiger charge is -2.12. The molecule has 0 unspecified atom stereocenters. The summed E-state index contributed by atoms with van der Waals surface area (Å²) in [5.74, 6) is -0.803. The number of carboxylic acids is 1. The fourth-order valence-electron chi connectivity index (χ4n) is 0.710. The molecule has 1 N–H and O–H groups in total. The standard InChI is InChI=1S/C8H14O2/c1-4-5-6(2)7(3)8(9)10/h4,6-7H,1,5H2,2-3H3,(H,9,10)/t6-,7+/m0/s1. The molecule has 10 heavy (non-hydrogen) atoms. The van der Waals surface area contributed by atoms with Crippen LogP contribution >= 0.6 is 0 Å². The second-order valence-electron chi connectivity index (χ2n) is 2.63. The van der Waals surface area contributed by atoms with E-state index in [1.165, 1.54) is 0 Å². The van der Waals surface area contributed by atoms with Gasteiger partial charge in [-0.25, -0.2) is 0 Å². The number of hydrogen-bond donors (Lipinski definition) is 1. The lowest BCUT2D eigenvalue weighted by Crippen LogP contribution is -2.17. The van der Waals surface area contributed by atoms with Crippen molar-refractivity contribution in [1.82, 2.24) is 0 Å². The van der Waals surface area contributed by atoms with Gasteiger partial charge >= 0.3 is 5.97 Å². The normalized spacial score (nSPS) is 15.8. The minimum absolute atomic E-state index is 0.190. The molecule has 0 fully saturated rings. The van der Waals surface area contributed by atoms with Crippen molar-refractivity contribution < 1.29 is 9.90 Å². The Morgan fingerprint density at radius 3 is 2.50 bits per heavy atom. The van der Waals surface area contributed by atoms with Crippen LogP contribution in [-0.2, 0) is 4.79 Å². The third kappa shape index (κ3) is 2.67. The fraction of sp³-hybridized carbons (Fsp3) is 0.625. The van der Waals surface area contributed by atoms with Crippen LogP contribution < -0.4 is 0 Å². The van der Waals surface area contributed by atoms with Crippen LogP contribution in [0.2, 0.25) is 0 Å². The van der Waals surface area contributed by atoms with E-state index >= 15 is 0 Å².